The molecule has 2 N–H and O–H groups in total. The Morgan fingerprint density at radius 2 is 1.79 bits per heavy atom. The molecule has 2 rings (SSSR count). The van der Waals surface area contributed by atoms with Gasteiger partial charge >= 0.3 is 13.2 Å². The minimum Gasteiger partial charge on any atom is -0.465 e. The molecule has 1 aliphatic rings. The maximum Gasteiger partial charge on any atom is 0.496 e. The highest BCUT2D eigenvalue weighted by Gasteiger charge is 2.52. The summed E-state index contributed by atoms with van der Waals surface area (Å²) in [5.74, 6) is 0. The Labute approximate surface area is 144 Å². The van der Waals surface area contributed by atoms with Crippen molar-refractivity contribution in [2.24, 2.45) is 0 Å². The molecule has 0 spiro atoms. The number of rotatable bonds is 4. The zero-order valence-corrected chi connectivity index (χ0v) is 15.6. The Balaban J connectivity index is 2.28. The summed E-state index contributed by atoms with van der Waals surface area (Å²) >= 11 is 0. The van der Waals surface area contributed by atoms with E-state index in [4.69, 9.17) is 14.4 Å². The standard InChI is InChI=1S/C17H27BN2O4/c1-11-12(8-15(2,3)20-14(21)22)9-19-10-13(11)18-23-16(4,5)17(6,7)24-18/h9-10,20H,8H2,1-7H3,(H,21,22). The van der Waals surface area contributed by atoms with Crippen molar-refractivity contribution in [1.29, 1.82) is 0 Å². The number of hydrogen-bond acceptors (Lipinski definition) is 4. The number of nitrogens with zero attached hydrogens (tertiary/aromatic N) is 1. The van der Waals surface area contributed by atoms with Gasteiger partial charge in [-0.1, -0.05) is 0 Å². The molecule has 2 heterocycles. The second-order valence-electron chi connectivity index (χ2n) is 8.09. The molecule has 0 atom stereocenters. The third-order valence-electron chi connectivity index (χ3n) is 4.94. The Kier molecular flexibility index (Phi) is 4.72. The molecular formula is C17H27BN2O4. The molecule has 0 bridgehead atoms. The van der Waals surface area contributed by atoms with Crippen LogP contribution in [0.4, 0.5) is 4.79 Å². The van der Waals surface area contributed by atoms with E-state index in [9.17, 15) is 4.79 Å². The maximum atomic E-state index is 10.9. The first-order valence-electron chi connectivity index (χ1n) is 8.15. The molecular weight excluding hydrogens is 307 g/mol. The molecule has 0 radical (unpaired) electrons. The fraction of sp³-hybridized carbons (Fsp3) is 0.647. The van der Waals surface area contributed by atoms with E-state index in [1.807, 2.05) is 48.5 Å². The van der Waals surface area contributed by atoms with Crippen molar-refractivity contribution >= 4 is 18.7 Å². The van der Waals surface area contributed by atoms with E-state index < -0.39 is 30.0 Å². The zero-order valence-electron chi connectivity index (χ0n) is 15.6. The summed E-state index contributed by atoms with van der Waals surface area (Å²) in [4.78, 5) is 15.3. The van der Waals surface area contributed by atoms with Gasteiger partial charge in [-0.25, -0.2) is 4.79 Å². The summed E-state index contributed by atoms with van der Waals surface area (Å²) in [5.41, 5.74) is 1.46. The van der Waals surface area contributed by atoms with Crippen LogP contribution in [0.3, 0.4) is 0 Å². The van der Waals surface area contributed by atoms with Crippen LogP contribution in [0.2, 0.25) is 0 Å². The van der Waals surface area contributed by atoms with Crippen molar-refractivity contribution in [3.05, 3.63) is 23.5 Å². The highest BCUT2D eigenvalue weighted by molar-refractivity contribution is 6.62. The first-order chi connectivity index (χ1) is 10.8. The normalized spacial score (nSPS) is 19.4. The lowest BCUT2D eigenvalue weighted by molar-refractivity contribution is 0.00578. The minimum absolute atomic E-state index is 0.412. The van der Waals surface area contributed by atoms with Crippen molar-refractivity contribution in [3.63, 3.8) is 0 Å². The largest absolute Gasteiger partial charge is 0.496 e. The predicted molar refractivity (Wildman–Crippen MR) is 93.6 cm³/mol. The van der Waals surface area contributed by atoms with Crippen LogP contribution in [0.5, 0.6) is 0 Å². The van der Waals surface area contributed by atoms with E-state index in [1.54, 1.807) is 12.4 Å². The Hall–Kier alpha value is -1.60. The number of hydrogen-bond donors (Lipinski definition) is 2. The maximum absolute atomic E-state index is 10.9. The van der Waals surface area contributed by atoms with Crippen LogP contribution >= 0.6 is 0 Å². The van der Waals surface area contributed by atoms with Crippen molar-refractivity contribution < 1.29 is 19.2 Å². The average molecular weight is 334 g/mol. The number of carbonyl (C=O) groups is 1. The van der Waals surface area contributed by atoms with E-state index in [1.165, 1.54) is 0 Å². The molecule has 132 valence electrons. The highest BCUT2D eigenvalue weighted by atomic mass is 16.7. The molecule has 6 nitrogen and oxygen atoms in total. The minimum atomic E-state index is -1.03. The second kappa shape index (κ2) is 6.04. The summed E-state index contributed by atoms with van der Waals surface area (Å²) in [6, 6.07) is 0. The quantitative estimate of drug-likeness (QED) is 0.826. The number of carboxylic acid groups (broad SMARTS) is 1. The van der Waals surface area contributed by atoms with E-state index in [0.29, 0.717) is 6.42 Å². The third-order valence-corrected chi connectivity index (χ3v) is 4.94. The molecule has 1 amide bonds. The number of nitrogens with one attached hydrogen (secondary N) is 1. The average Bonchev–Trinajstić information content (AvgIpc) is 2.59. The molecule has 0 unspecified atom stereocenters. The van der Waals surface area contributed by atoms with E-state index in [2.05, 4.69) is 10.3 Å². The van der Waals surface area contributed by atoms with Gasteiger partial charge in [0, 0.05) is 23.4 Å². The summed E-state index contributed by atoms with van der Waals surface area (Å²) < 4.78 is 12.2. The van der Waals surface area contributed by atoms with Gasteiger partial charge < -0.3 is 19.7 Å². The van der Waals surface area contributed by atoms with Crippen molar-refractivity contribution in [1.82, 2.24) is 10.3 Å². The van der Waals surface area contributed by atoms with Gasteiger partial charge in [0.1, 0.15) is 0 Å². The Morgan fingerprint density at radius 1 is 1.25 bits per heavy atom. The van der Waals surface area contributed by atoms with Crippen molar-refractivity contribution in [2.45, 2.75) is 71.6 Å². The molecule has 7 heteroatoms. The predicted octanol–water partition coefficient (Wildman–Crippen LogP) is 2.28. The molecule has 1 fully saturated rings. The molecule has 0 aromatic carbocycles. The van der Waals surface area contributed by atoms with E-state index in [0.717, 1.165) is 16.6 Å². The lowest BCUT2D eigenvalue weighted by Crippen LogP contribution is -2.45. The van der Waals surface area contributed by atoms with Gasteiger partial charge in [-0.3, -0.25) is 4.98 Å². The second-order valence-corrected chi connectivity index (χ2v) is 8.09. The molecule has 1 saturated heterocycles. The van der Waals surface area contributed by atoms with Gasteiger partial charge in [-0.15, -0.1) is 0 Å². The number of amides is 1. The van der Waals surface area contributed by atoms with Gasteiger partial charge in [0.2, 0.25) is 0 Å². The molecule has 0 saturated carbocycles. The Morgan fingerprint density at radius 3 is 2.29 bits per heavy atom. The summed E-state index contributed by atoms with van der Waals surface area (Å²) in [6.45, 7) is 13.7. The summed E-state index contributed by atoms with van der Waals surface area (Å²) in [7, 11) is -0.474. The number of aromatic nitrogens is 1. The van der Waals surface area contributed by atoms with E-state index in [-0.39, 0.29) is 0 Å². The van der Waals surface area contributed by atoms with Gasteiger partial charge in [-0.2, -0.15) is 0 Å². The van der Waals surface area contributed by atoms with E-state index >= 15 is 0 Å². The van der Waals surface area contributed by atoms with Gasteiger partial charge in [0.25, 0.3) is 0 Å². The first-order valence-corrected chi connectivity index (χ1v) is 8.15. The molecule has 0 aliphatic carbocycles. The lowest BCUT2D eigenvalue weighted by atomic mass is 9.75. The molecule has 1 aromatic rings. The van der Waals surface area contributed by atoms with Gasteiger partial charge in [-0.05, 0) is 66.0 Å². The van der Waals surface area contributed by atoms with Gasteiger partial charge in [0.15, 0.2) is 0 Å². The lowest BCUT2D eigenvalue weighted by Gasteiger charge is -2.32. The van der Waals surface area contributed by atoms with Crippen LogP contribution < -0.4 is 10.8 Å². The number of pyridine rings is 1. The SMILES string of the molecule is Cc1c(CC(C)(C)NC(=O)O)cncc1B1OC(C)(C)C(C)(C)O1. The van der Waals surface area contributed by atoms with Crippen LogP contribution in [-0.4, -0.2) is 40.0 Å². The summed E-state index contributed by atoms with van der Waals surface area (Å²) in [6.07, 6.45) is 3.03. The highest BCUT2D eigenvalue weighted by Crippen LogP contribution is 2.36. The fourth-order valence-corrected chi connectivity index (χ4v) is 2.78. The topological polar surface area (TPSA) is 80.7 Å². The van der Waals surface area contributed by atoms with Crippen LogP contribution in [0, 0.1) is 6.92 Å². The third kappa shape index (κ3) is 3.73. The molecule has 24 heavy (non-hydrogen) atoms. The fourth-order valence-electron chi connectivity index (χ4n) is 2.78. The molecule has 1 aliphatic heterocycles. The van der Waals surface area contributed by atoms with Crippen LogP contribution in [0.15, 0.2) is 12.4 Å². The van der Waals surface area contributed by atoms with Crippen LogP contribution in [0.1, 0.15) is 52.7 Å². The Bertz CT molecular complexity index is 627. The van der Waals surface area contributed by atoms with Crippen LogP contribution in [0.25, 0.3) is 0 Å². The van der Waals surface area contributed by atoms with Crippen molar-refractivity contribution in [3.8, 4) is 0 Å². The van der Waals surface area contributed by atoms with Crippen molar-refractivity contribution in [2.75, 3.05) is 0 Å². The zero-order chi connectivity index (χ0) is 18.3. The smallest absolute Gasteiger partial charge is 0.465 e. The first kappa shape index (κ1) is 18.7. The van der Waals surface area contributed by atoms with Crippen LogP contribution in [-0.2, 0) is 15.7 Å². The summed E-state index contributed by atoms with van der Waals surface area (Å²) in [5, 5.41) is 11.5. The molecule has 1 aromatic heterocycles. The van der Waals surface area contributed by atoms with Gasteiger partial charge in [0.05, 0.1) is 11.2 Å². The monoisotopic (exact) mass is 334 g/mol.